The Bertz CT molecular complexity index is 298. The number of nitrogens with zero attached hydrogens (tertiary/aromatic N) is 2. The number of halogens is 3. The zero-order chi connectivity index (χ0) is 13.1. The lowest BCUT2D eigenvalue weighted by molar-refractivity contribution is -0.186. The van der Waals surface area contributed by atoms with Crippen LogP contribution >= 0.6 is 0 Å². The molecule has 1 aliphatic heterocycles. The number of hydrogen-bond acceptors (Lipinski definition) is 3. The number of amides is 2. The number of ether oxygens (including phenoxy) is 1. The molecule has 0 aliphatic carbocycles. The van der Waals surface area contributed by atoms with E-state index in [2.05, 4.69) is 0 Å². The molecule has 0 aromatic carbocycles. The Hall–Kier alpha value is -1.47. The van der Waals surface area contributed by atoms with Gasteiger partial charge in [-0.3, -0.25) is 4.79 Å². The zero-order valence-electron chi connectivity index (χ0n) is 9.29. The van der Waals surface area contributed by atoms with Gasteiger partial charge < -0.3 is 14.5 Å². The predicted octanol–water partition coefficient (Wildman–Crippen LogP) is 0.849. The minimum atomic E-state index is -4.86. The first-order chi connectivity index (χ1) is 7.86. The van der Waals surface area contributed by atoms with Gasteiger partial charge in [-0.1, -0.05) is 0 Å². The number of carbonyl (C=O) groups is 2. The molecule has 0 spiro atoms. The lowest BCUT2D eigenvalue weighted by Crippen LogP contribution is -2.53. The SMILES string of the molecule is CCOC(=O)N1CCN(C(=O)C(F)(F)F)CC1. The van der Waals surface area contributed by atoms with Crippen LogP contribution in [0.3, 0.4) is 0 Å². The smallest absolute Gasteiger partial charge is 0.450 e. The fourth-order valence-electron chi connectivity index (χ4n) is 1.49. The van der Waals surface area contributed by atoms with E-state index in [1.807, 2.05) is 0 Å². The van der Waals surface area contributed by atoms with Crippen molar-refractivity contribution in [3.05, 3.63) is 0 Å². The maximum absolute atomic E-state index is 12.1. The van der Waals surface area contributed by atoms with Gasteiger partial charge in [-0.2, -0.15) is 13.2 Å². The second kappa shape index (κ2) is 5.24. The van der Waals surface area contributed by atoms with Gasteiger partial charge >= 0.3 is 18.2 Å². The average Bonchev–Trinajstić information content (AvgIpc) is 2.27. The molecule has 0 aromatic heterocycles. The summed E-state index contributed by atoms with van der Waals surface area (Å²) in [6.07, 6.45) is -5.42. The van der Waals surface area contributed by atoms with Crippen molar-refractivity contribution in [1.29, 1.82) is 0 Å². The number of hydrogen-bond donors (Lipinski definition) is 0. The summed E-state index contributed by atoms with van der Waals surface area (Å²) < 4.78 is 41.0. The maximum Gasteiger partial charge on any atom is 0.471 e. The van der Waals surface area contributed by atoms with Gasteiger partial charge in [0, 0.05) is 26.2 Å². The summed E-state index contributed by atoms with van der Waals surface area (Å²) in [6.45, 7) is 1.71. The largest absolute Gasteiger partial charge is 0.471 e. The number of carbonyl (C=O) groups excluding carboxylic acids is 2. The van der Waals surface area contributed by atoms with E-state index in [9.17, 15) is 22.8 Å². The number of alkyl halides is 3. The molecule has 0 saturated carbocycles. The molecule has 8 heteroatoms. The lowest BCUT2D eigenvalue weighted by Gasteiger charge is -2.34. The Morgan fingerprint density at radius 1 is 1.12 bits per heavy atom. The van der Waals surface area contributed by atoms with E-state index in [0.717, 1.165) is 0 Å². The summed E-state index contributed by atoms with van der Waals surface area (Å²) in [7, 11) is 0. The molecule has 0 N–H and O–H groups in total. The first-order valence-electron chi connectivity index (χ1n) is 5.14. The van der Waals surface area contributed by atoms with Crippen LogP contribution < -0.4 is 0 Å². The summed E-state index contributed by atoms with van der Waals surface area (Å²) in [4.78, 5) is 24.1. The molecule has 0 radical (unpaired) electrons. The van der Waals surface area contributed by atoms with Gasteiger partial charge in [0.05, 0.1) is 6.61 Å². The fraction of sp³-hybridized carbons (Fsp3) is 0.778. The van der Waals surface area contributed by atoms with Crippen LogP contribution in [0.25, 0.3) is 0 Å². The molecule has 0 unspecified atom stereocenters. The van der Waals surface area contributed by atoms with Crippen LogP contribution in [0.1, 0.15) is 6.92 Å². The topological polar surface area (TPSA) is 49.9 Å². The van der Waals surface area contributed by atoms with E-state index in [4.69, 9.17) is 4.74 Å². The summed E-state index contributed by atoms with van der Waals surface area (Å²) in [6, 6.07) is 0. The molecule has 1 heterocycles. The number of rotatable bonds is 1. The third-order valence-electron chi connectivity index (χ3n) is 2.34. The zero-order valence-corrected chi connectivity index (χ0v) is 9.29. The molecule has 0 bridgehead atoms. The summed E-state index contributed by atoms with van der Waals surface area (Å²) in [5.41, 5.74) is 0. The van der Waals surface area contributed by atoms with Crippen molar-refractivity contribution in [2.24, 2.45) is 0 Å². The van der Waals surface area contributed by atoms with E-state index in [1.165, 1.54) is 4.90 Å². The highest BCUT2D eigenvalue weighted by Crippen LogP contribution is 2.19. The Morgan fingerprint density at radius 2 is 1.59 bits per heavy atom. The van der Waals surface area contributed by atoms with Gasteiger partial charge in [-0.25, -0.2) is 4.79 Å². The molecule has 1 saturated heterocycles. The third kappa shape index (κ3) is 3.50. The van der Waals surface area contributed by atoms with E-state index >= 15 is 0 Å². The van der Waals surface area contributed by atoms with Crippen LogP contribution in [0.15, 0.2) is 0 Å². The van der Waals surface area contributed by atoms with Gasteiger partial charge in [0.15, 0.2) is 0 Å². The molecule has 98 valence electrons. The maximum atomic E-state index is 12.1. The van der Waals surface area contributed by atoms with Crippen molar-refractivity contribution in [3.63, 3.8) is 0 Å². The Balaban J connectivity index is 2.46. The molecule has 1 aliphatic rings. The van der Waals surface area contributed by atoms with Gasteiger partial charge in [-0.05, 0) is 6.92 Å². The highest BCUT2D eigenvalue weighted by molar-refractivity contribution is 5.82. The molecule has 17 heavy (non-hydrogen) atoms. The molecule has 2 amide bonds. The first-order valence-corrected chi connectivity index (χ1v) is 5.14. The molecular weight excluding hydrogens is 241 g/mol. The molecule has 0 aromatic rings. The van der Waals surface area contributed by atoms with Crippen molar-refractivity contribution in [2.45, 2.75) is 13.1 Å². The van der Waals surface area contributed by atoms with Crippen molar-refractivity contribution < 1.29 is 27.5 Å². The van der Waals surface area contributed by atoms with Gasteiger partial charge in [0.2, 0.25) is 0 Å². The Kier molecular flexibility index (Phi) is 4.19. The van der Waals surface area contributed by atoms with Crippen molar-refractivity contribution in [3.8, 4) is 0 Å². The minimum absolute atomic E-state index is 0.0562. The van der Waals surface area contributed by atoms with Gasteiger partial charge in [-0.15, -0.1) is 0 Å². The monoisotopic (exact) mass is 254 g/mol. The van der Waals surface area contributed by atoms with Crippen LogP contribution in [0.2, 0.25) is 0 Å². The Morgan fingerprint density at radius 3 is 2.00 bits per heavy atom. The predicted molar refractivity (Wildman–Crippen MR) is 51.2 cm³/mol. The second-order valence-electron chi connectivity index (χ2n) is 3.48. The van der Waals surface area contributed by atoms with Crippen LogP contribution in [-0.2, 0) is 9.53 Å². The molecule has 5 nitrogen and oxygen atoms in total. The van der Waals surface area contributed by atoms with Crippen LogP contribution in [-0.4, -0.2) is 60.8 Å². The van der Waals surface area contributed by atoms with E-state index in [1.54, 1.807) is 6.92 Å². The fourth-order valence-corrected chi connectivity index (χ4v) is 1.49. The van der Waals surface area contributed by atoms with Crippen molar-refractivity contribution >= 4 is 12.0 Å². The Labute approximate surface area is 96.1 Å². The summed E-state index contributed by atoms with van der Waals surface area (Å²) in [5.74, 6) is -1.86. The standard InChI is InChI=1S/C9H13F3N2O3/c1-2-17-8(16)14-5-3-13(4-6-14)7(15)9(10,11)12/h2-6H2,1H3. The van der Waals surface area contributed by atoms with Gasteiger partial charge in [0.1, 0.15) is 0 Å². The van der Waals surface area contributed by atoms with Crippen LogP contribution in [0.4, 0.5) is 18.0 Å². The minimum Gasteiger partial charge on any atom is -0.450 e. The summed E-state index contributed by atoms with van der Waals surface area (Å²) in [5, 5.41) is 0. The van der Waals surface area contributed by atoms with Crippen molar-refractivity contribution in [1.82, 2.24) is 9.80 Å². The van der Waals surface area contributed by atoms with E-state index in [0.29, 0.717) is 4.90 Å². The van der Waals surface area contributed by atoms with E-state index < -0.39 is 18.2 Å². The number of piperazine rings is 1. The second-order valence-corrected chi connectivity index (χ2v) is 3.48. The molecular formula is C9H13F3N2O3. The quantitative estimate of drug-likeness (QED) is 0.697. The highest BCUT2D eigenvalue weighted by Gasteiger charge is 2.43. The molecule has 0 atom stereocenters. The normalized spacial score (nSPS) is 16.9. The van der Waals surface area contributed by atoms with Gasteiger partial charge in [0.25, 0.3) is 0 Å². The lowest BCUT2D eigenvalue weighted by atomic mass is 10.3. The molecule has 1 fully saturated rings. The van der Waals surface area contributed by atoms with E-state index in [-0.39, 0.29) is 32.8 Å². The first kappa shape index (κ1) is 13.6. The van der Waals surface area contributed by atoms with Crippen molar-refractivity contribution in [2.75, 3.05) is 32.8 Å². The summed E-state index contributed by atoms with van der Waals surface area (Å²) >= 11 is 0. The van der Waals surface area contributed by atoms with Crippen LogP contribution in [0, 0.1) is 0 Å². The average molecular weight is 254 g/mol. The third-order valence-corrected chi connectivity index (χ3v) is 2.34. The van der Waals surface area contributed by atoms with Crippen LogP contribution in [0.5, 0.6) is 0 Å². The highest BCUT2D eigenvalue weighted by atomic mass is 19.4. The molecule has 1 rings (SSSR count).